The molecule has 0 spiro atoms. The fraction of sp³-hybridized carbons (Fsp3) is 0.571. The summed E-state index contributed by atoms with van der Waals surface area (Å²) >= 11 is 3.38. The van der Waals surface area contributed by atoms with Crippen molar-refractivity contribution in [2.24, 2.45) is 11.3 Å². The fourth-order valence-electron chi connectivity index (χ4n) is 2.23. The number of hydrogen-bond acceptors (Lipinski definition) is 2. The number of hydrogen-bond donors (Lipinski definition) is 1. The van der Waals surface area contributed by atoms with E-state index >= 15 is 0 Å². The molecule has 0 bridgehead atoms. The molecule has 0 atom stereocenters. The molecule has 1 aliphatic carbocycles. The highest BCUT2D eigenvalue weighted by Gasteiger charge is 2.45. The van der Waals surface area contributed by atoms with Crippen LogP contribution in [0.25, 0.3) is 0 Å². The highest BCUT2D eigenvalue weighted by molar-refractivity contribution is 9.10. The van der Waals surface area contributed by atoms with Crippen molar-refractivity contribution in [2.75, 3.05) is 6.54 Å². The van der Waals surface area contributed by atoms with Gasteiger partial charge in [0.1, 0.15) is 0 Å². The summed E-state index contributed by atoms with van der Waals surface area (Å²) in [6.45, 7) is 6.75. The highest BCUT2D eigenvalue weighted by atomic mass is 79.9. The summed E-state index contributed by atoms with van der Waals surface area (Å²) in [5, 5.41) is 0. The lowest BCUT2D eigenvalue weighted by Crippen LogP contribution is -2.32. The molecular formula is C14H20BrNO2S. The maximum atomic E-state index is 12.3. The molecule has 0 aliphatic heterocycles. The second kappa shape index (κ2) is 5.19. The average molecular weight is 346 g/mol. The van der Waals surface area contributed by atoms with E-state index in [9.17, 15) is 8.42 Å². The van der Waals surface area contributed by atoms with E-state index in [4.69, 9.17) is 0 Å². The van der Waals surface area contributed by atoms with Crippen LogP contribution >= 0.6 is 15.9 Å². The summed E-state index contributed by atoms with van der Waals surface area (Å²) in [4.78, 5) is 0.341. The van der Waals surface area contributed by atoms with Gasteiger partial charge < -0.3 is 0 Å². The van der Waals surface area contributed by atoms with Gasteiger partial charge in [0.25, 0.3) is 0 Å². The Morgan fingerprint density at radius 3 is 2.47 bits per heavy atom. The molecular weight excluding hydrogens is 326 g/mol. The lowest BCUT2D eigenvalue weighted by molar-refractivity contribution is 0.357. The van der Waals surface area contributed by atoms with Crippen molar-refractivity contribution in [2.45, 2.75) is 38.5 Å². The zero-order chi connectivity index (χ0) is 14.3. The van der Waals surface area contributed by atoms with Gasteiger partial charge in [0.05, 0.1) is 4.90 Å². The normalized spacial score (nSPS) is 17.7. The lowest BCUT2D eigenvalue weighted by Gasteiger charge is -2.20. The Morgan fingerprint density at radius 1 is 1.37 bits per heavy atom. The first-order valence-electron chi connectivity index (χ1n) is 6.53. The van der Waals surface area contributed by atoms with Gasteiger partial charge in [-0.05, 0) is 54.9 Å². The van der Waals surface area contributed by atoms with Crippen molar-refractivity contribution in [3.05, 3.63) is 28.2 Å². The van der Waals surface area contributed by atoms with Crippen molar-refractivity contribution in [1.82, 2.24) is 4.72 Å². The van der Waals surface area contributed by atoms with Gasteiger partial charge in [-0.1, -0.05) is 29.8 Å². The Morgan fingerprint density at radius 2 is 2.00 bits per heavy atom. The third-order valence-corrected chi connectivity index (χ3v) is 6.46. The second-order valence-corrected chi connectivity index (χ2v) is 8.37. The minimum absolute atomic E-state index is 0.178. The van der Waals surface area contributed by atoms with Gasteiger partial charge in [0, 0.05) is 11.0 Å². The predicted molar refractivity (Wildman–Crippen MR) is 80.6 cm³/mol. The van der Waals surface area contributed by atoms with Crippen molar-refractivity contribution >= 4 is 26.0 Å². The summed E-state index contributed by atoms with van der Waals surface area (Å²) in [5.74, 6) is 0.516. The van der Waals surface area contributed by atoms with E-state index in [2.05, 4.69) is 34.5 Å². The smallest absolute Gasteiger partial charge is 0.211 e. The van der Waals surface area contributed by atoms with Crippen molar-refractivity contribution in [1.29, 1.82) is 0 Å². The Balaban J connectivity index is 2.12. The van der Waals surface area contributed by atoms with Crippen LogP contribution in [-0.4, -0.2) is 15.0 Å². The van der Waals surface area contributed by atoms with E-state index in [0.29, 0.717) is 17.4 Å². The van der Waals surface area contributed by atoms with Crippen molar-refractivity contribution in [3.8, 4) is 0 Å². The number of sulfonamides is 1. The van der Waals surface area contributed by atoms with Crippen molar-refractivity contribution < 1.29 is 8.42 Å². The maximum Gasteiger partial charge on any atom is 0.240 e. The Bertz CT molecular complexity index is 577. The number of aryl methyl sites for hydroxylation is 1. The van der Waals surface area contributed by atoms with Crippen LogP contribution in [0.3, 0.4) is 0 Å². The standard InChI is InChI=1S/C14H20BrNO2S/c1-10(2)14(6-7-14)9-16-19(17,18)12-4-5-13(15)11(3)8-12/h4-5,8,10,16H,6-7,9H2,1-3H3. The maximum absolute atomic E-state index is 12.3. The van der Waals surface area contributed by atoms with Crippen LogP contribution in [0.2, 0.25) is 0 Å². The van der Waals surface area contributed by atoms with Crippen LogP contribution in [0.1, 0.15) is 32.3 Å². The average Bonchev–Trinajstić information content (AvgIpc) is 3.11. The van der Waals surface area contributed by atoms with E-state index in [0.717, 1.165) is 22.9 Å². The molecule has 2 rings (SSSR count). The second-order valence-electron chi connectivity index (χ2n) is 5.75. The summed E-state index contributed by atoms with van der Waals surface area (Å²) < 4.78 is 28.2. The molecule has 0 unspecified atom stereocenters. The molecule has 106 valence electrons. The Kier molecular flexibility index (Phi) is 4.10. The molecule has 1 aliphatic rings. The molecule has 0 radical (unpaired) electrons. The summed E-state index contributed by atoms with van der Waals surface area (Å²) in [7, 11) is -3.40. The monoisotopic (exact) mass is 345 g/mol. The van der Waals surface area contributed by atoms with E-state index in [1.54, 1.807) is 18.2 Å². The molecule has 1 aromatic carbocycles. The molecule has 5 heteroatoms. The molecule has 1 aromatic rings. The molecule has 3 nitrogen and oxygen atoms in total. The van der Waals surface area contributed by atoms with Crippen LogP contribution in [-0.2, 0) is 10.0 Å². The lowest BCUT2D eigenvalue weighted by atomic mass is 9.93. The summed E-state index contributed by atoms with van der Waals surface area (Å²) in [6.07, 6.45) is 2.24. The van der Waals surface area contributed by atoms with Crippen LogP contribution in [0, 0.1) is 18.3 Å². The summed E-state index contributed by atoms with van der Waals surface area (Å²) in [6, 6.07) is 5.11. The van der Waals surface area contributed by atoms with E-state index < -0.39 is 10.0 Å². The van der Waals surface area contributed by atoms with Crippen LogP contribution in [0.5, 0.6) is 0 Å². The van der Waals surface area contributed by atoms with Crippen molar-refractivity contribution in [3.63, 3.8) is 0 Å². The number of halogens is 1. The molecule has 1 N–H and O–H groups in total. The van der Waals surface area contributed by atoms with Gasteiger partial charge in [-0.15, -0.1) is 0 Å². The molecule has 1 saturated carbocycles. The largest absolute Gasteiger partial charge is 0.240 e. The van der Waals surface area contributed by atoms with Gasteiger partial charge in [-0.25, -0.2) is 13.1 Å². The zero-order valence-corrected chi connectivity index (χ0v) is 13.9. The molecule has 0 heterocycles. The first kappa shape index (κ1) is 15.0. The number of rotatable bonds is 5. The highest BCUT2D eigenvalue weighted by Crippen LogP contribution is 2.51. The van der Waals surface area contributed by atoms with E-state index in [1.807, 2.05) is 6.92 Å². The van der Waals surface area contributed by atoms with Crippen LogP contribution < -0.4 is 4.72 Å². The van der Waals surface area contributed by atoms with Crippen LogP contribution in [0.15, 0.2) is 27.6 Å². The van der Waals surface area contributed by atoms with Crippen LogP contribution in [0.4, 0.5) is 0 Å². The third kappa shape index (κ3) is 3.20. The Labute approximate surface area is 124 Å². The molecule has 0 aromatic heterocycles. The quantitative estimate of drug-likeness (QED) is 0.887. The topological polar surface area (TPSA) is 46.2 Å². The first-order valence-corrected chi connectivity index (χ1v) is 8.80. The first-order chi connectivity index (χ1) is 8.77. The molecule has 0 saturated heterocycles. The predicted octanol–water partition coefficient (Wildman–Crippen LogP) is 3.47. The van der Waals surface area contributed by atoms with Gasteiger partial charge in [-0.3, -0.25) is 0 Å². The van der Waals surface area contributed by atoms with Gasteiger partial charge in [0.2, 0.25) is 10.0 Å². The molecule has 19 heavy (non-hydrogen) atoms. The van der Waals surface area contributed by atoms with Gasteiger partial charge in [-0.2, -0.15) is 0 Å². The third-order valence-electron chi connectivity index (χ3n) is 4.17. The SMILES string of the molecule is Cc1cc(S(=O)(=O)NCC2(C(C)C)CC2)ccc1Br. The summed E-state index contributed by atoms with van der Waals surface area (Å²) in [5.41, 5.74) is 1.10. The minimum Gasteiger partial charge on any atom is -0.211 e. The minimum atomic E-state index is -3.40. The number of nitrogens with one attached hydrogen (secondary N) is 1. The molecule has 1 fully saturated rings. The zero-order valence-electron chi connectivity index (χ0n) is 11.5. The Hall–Kier alpha value is -0.390. The van der Waals surface area contributed by atoms with E-state index in [1.165, 1.54) is 0 Å². The van der Waals surface area contributed by atoms with Gasteiger partial charge >= 0.3 is 0 Å². The fourth-order valence-corrected chi connectivity index (χ4v) is 3.70. The number of benzene rings is 1. The van der Waals surface area contributed by atoms with Gasteiger partial charge in [0.15, 0.2) is 0 Å². The van der Waals surface area contributed by atoms with E-state index in [-0.39, 0.29) is 5.41 Å². The molecule has 0 amide bonds.